The maximum Gasteiger partial charge on any atom is 0.272 e. The van der Waals surface area contributed by atoms with Crippen LogP contribution in [0.5, 0.6) is 0 Å². The first kappa shape index (κ1) is 14.3. The van der Waals surface area contributed by atoms with Crippen molar-refractivity contribution >= 4 is 43.5 Å². The van der Waals surface area contributed by atoms with E-state index < -0.39 is 0 Å². The highest BCUT2D eigenvalue weighted by molar-refractivity contribution is 9.10. The largest absolute Gasteiger partial charge is 0.340 e. The van der Waals surface area contributed by atoms with E-state index in [-0.39, 0.29) is 11.9 Å². The Morgan fingerprint density at radius 2 is 2.16 bits per heavy atom. The number of nitrogens with zero attached hydrogens (tertiary/aromatic N) is 2. The molecule has 0 aliphatic rings. The monoisotopic (exact) mass is 385 g/mol. The summed E-state index contributed by atoms with van der Waals surface area (Å²) in [6.45, 7) is 4.07. The number of hydrogen-bond acceptors (Lipinski definition) is 2. The van der Waals surface area contributed by atoms with Gasteiger partial charge in [0.1, 0.15) is 5.69 Å². The van der Waals surface area contributed by atoms with Crippen LogP contribution in [0.15, 0.2) is 39.7 Å². The minimum absolute atomic E-state index is 0.147. The highest BCUT2D eigenvalue weighted by Crippen LogP contribution is 2.23. The number of carbonyl (C=O) groups is 1. The highest BCUT2D eigenvalue weighted by Gasteiger charge is 2.15. The number of aromatic nitrogens is 2. The maximum absolute atomic E-state index is 12.3. The van der Waals surface area contributed by atoms with Crippen LogP contribution in [0, 0.1) is 0 Å². The number of hydrogen-bond donors (Lipinski definition) is 1. The van der Waals surface area contributed by atoms with Crippen LogP contribution >= 0.6 is 31.9 Å². The van der Waals surface area contributed by atoms with Gasteiger partial charge in [-0.15, -0.1) is 0 Å². The van der Waals surface area contributed by atoms with E-state index in [4.69, 9.17) is 0 Å². The van der Waals surface area contributed by atoms with Crippen LogP contribution in [0.2, 0.25) is 0 Å². The topological polar surface area (TPSA) is 46.9 Å². The molecule has 4 nitrogen and oxygen atoms in total. The minimum Gasteiger partial charge on any atom is -0.340 e. The third-order valence-electron chi connectivity index (χ3n) is 2.62. The molecule has 0 aromatic carbocycles. The Hall–Kier alpha value is -1.14. The Kier molecular flexibility index (Phi) is 4.42. The molecule has 0 saturated heterocycles. The molecule has 1 amide bonds. The zero-order valence-corrected chi connectivity index (χ0v) is 13.7. The predicted molar refractivity (Wildman–Crippen MR) is 82.4 cm³/mol. The first-order chi connectivity index (χ1) is 8.99. The summed E-state index contributed by atoms with van der Waals surface area (Å²) in [7, 11) is 0. The van der Waals surface area contributed by atoms with Gasteiger partial charge in [0.25, 0.3) is 5.91 Å². The molecule has 0 atom stereocenters. The Morgan fingerprint density at radius 3 is 2.79 bits per heavy atom. The first-order valence-electron chi connectivity index (χ1n) is 5.77. The van der Waals surface area contributed by atoms with Crippen molar-refractivity contribution in [3.05, 3.63) is 45.4 Å². The number of nitrogens with one attached hydrogen (secondary N) is 1. The van der Waals surface area contributed by atoms with Crippen molar-refractivity contribution in [3.8, 4) is 0 Å². The van der Waals surface area contributed by atoms with E-state index in [2.05, 4.69) is 42.2 Å². The molecule has 2 aromatic heterocycles. The number of pyridine rings is 1. The summed E-state index contributed by atoms with van der Waals surface area (Å²) in [5.74, 6) is -0.147. The molecule has 0 aliphatic carbocycles. The van der Waals surface area contributed by atoms with Crippen LogP contribution < -0.4 is 5.32 Å². The second-order valence-electron chi connectivity index (χ2n) is 4.35. The lowest BCUT2D eigenvalue weighted by Gasteiger charge is -2.13. The van der Waals surface area contributed by atoms with Crippen molar-refractivity contribution < 1.29 is 4.79 Å². The molecule has 1 N–H and O–H groups in total. The van der Waals surface area contributed by atoms with Crippen LogP contribution in [0.25, 0.3) is 0 Å². The van der Waals surface area contributed by atoms with Gasteiger partial charge in [-0.05, 0) is 57.8 Å². The average Bonchev–Trinajstić information content (AvgIpc) is 2.74. The normalized spacial score (nSPS) is 10.8. The standard InChI is InChI=1S/C13H13Br2N3O/c1-8(2)18-7-9(14)5-12(18)13(19)17-11-3-4-16-6-10(11)15/h3-8H,1-2H3,(H,16,17,19). The van der Waals surface area contributed by atoms with Crippen molar-refractivity contribution in [3.63, 3.8) is 0 Å². The molecule has 0 radical (unpaired) electrons. The Bertz CT molecular complexity index is 608. The van der Waals surface area contributed by atoms with E-state index in [1.54, 1.807) is 18.5 Å². The molecular weight excluding hydrogens is 374 g/mol. The minimum atomic E-state index is -0.147. The van der Waals surface area contributed by atoms with Gasteiger partial charge < -0.3 is 9.88 Å². The zero-order chi connectivity index (χ0) is 14.0. The van der Waals surface area contributed by atoms with Crippen LogP contribution in [0.4, 0.5) is 5.69 Å². The fraction of sp³-hybridized carbons (Fsp3) is 0.231. The molecule has 0 unspecified atom stereocenters. The zero-order valence-electron chi connectivity index (χ0n) is 10.5. The van der Waals surface area contributed by atoms with Crippen molar-refractivity contribution in [2.24, 2.45) is 0 Å². The SMILES string of the molecule is CC(C)n1cc(Br)cc1C(=O)Nc1ccncc1Br. The smallest absolute Gasteiger partial charge is 0.272 e. The van der Waals surface area contributed by atoms with E-state index in [1.807, 2.05) is 30.7 Å². The summed E-state index contributed by atoms with van der Waals surface area (Å²) in [5, 5.41) is 2.87. The van der Waals surface area contributed by atoms with Gasteiger partial charge in [-0.2, -0.15) is 0 Å². The van der Waals surface area contributed by atoms with E-state index in [0.717, 1.165) is 8.95 Å². The Morgan fingerprint density at radius 1 is 1.42 bits per heavy atom. The second kappa shape index (κ2) is 5.88. The lowest BCUT2D eigenvalue weighted by molar-refractivity contribution is 0.101. The predicted octanol–water partition coefficient (Wildman–Crippen LogP) is 4.24. The fourth-order valence-corrected chi connectivity index (χ4v) is 2.50. The van der Waals surface area contributed by atoms with E-state index in [1.165, 1.54) is 0 Å². The summed E-state index contributed by atoms with van der Waals surface area (Å²) in [6.07, 6.45) is 5.19. The number of amides is 1. The summed E-state index contributed by atoms with van der Waals surface area (Å²) >= 11 is 6.76. The Labute approximate surface area is 128 Å². The number of carbonyl (C=O) groups excluding carboxylic acids is 1. The third-order valence-corrected chi connectivity index (χ3v) is 3.69. The summed E-state index contributed by atoms with van der Waals surface area (Å²) in [6, 6.07) is 3.78. The van der Waals surface area contributed by atoms with Crippen molar-refractivity contribution in [2.75, 3.05) is 5.32 Å². The van der Waals surface area contributed by atoms with Gasteiger partial charge >= 0.3 is 0 Å². The number of anilines is 1. The van der Waals surface area contributed by atoms with Crippen molar-refractivity contribution in [2.45, 2.75) is 19.9 Å². The summed E-state index contributed by atoms with van der Waals surface area (Å²) in [5.41, 5.74) is 1.32. The molecule has 100 valence electrons. The van der Waals surface area contributed by atoms with Gasteiger partial charge in [0, 0.05) is 29.1 Å². The van der Waals surface area contributed by atoms with Gasteiger partial charge in [0.15, 0.2) is 0 Å². The lowest BCUT2D eigenvalue weighted by Crippen LogP contribution is -2.18. The molecule has 0 saturated carbocycles. The molecule has 0 spiro atoms. The second-order valence-corrected chi connectivity index (χ2v) is 6.12. The van der Waals surface area contributed by atoms with Crippen LogP contribution in [0.1, 0.15) is 30.4 Å². The lowest BCUT2D eigenvalue weighted by atomic mass is 10.3. The van der Waals surface area contributed by atoms with E-state index in [0.29, 0.717) is 11.4 Å². The molecule has 19 heavy (non-hydrogen) atoms. The maximum atomic E-state index is 12.3. The van der Waals surface area contributed by atoms with E-state index in [9.17, 15) is 4.79 Å². The van der Waals surface area contributed by atoms with Gasteiger partial charge in [0.05, 0.1) is 10.2 Å². The van der Waals surface area contributed by atoms with Gasteiger partial charge in [-0.1, -0.05) is 0 Å². The molecule has 2 rings (SSSR count). The molecule has 0 bridgehead atoms. The van der Waals surface area contributed by atoms with Crippen molar-refractivity contribution in [1.82, 2.24) is 9.55 Å². The fourth-order valence-electron chi connectivity index (χ4n) is 1.72. The van der Waals surface area contributed by atoms with Crippen LogP contribution in [-0.4, -0.2) is 15.5 Å². The van der Waals surface area contributed by atoms with Gasteiger partial charge in [-0.3, -0.25) is 9.78 Å². The average molecular weight is 387 g/mol. The van der Waals surface area contributed by atoms with Crippen LogP contribution in [-0.2, 0) is 0 Å². The molecule has 6 heteroatoms. The van der Waals surface area contributed by atoms with Crippen molar-refractivity contribution in [1.29, 1.82) is 0 Å². The van der Waals surface area contributed by atoms with E-state index >= 15 is 0 Å². The van der Waals surface area contributed by atoms with Crippen LogP contribution in [0.3, 0.4) is 0 Å². The molecular formula is C13H13Br2N3O. The third kappa shape index (κ3) is 3.25. The Balaban J connectivity index is 2.28. The first-order valence-corrected chi connectivity index (χ1v) is 7.36. The molecule has 2 aromatic rings. The summed E-state index contributed by atoms with van der Waals surface area (Å²) < 4.78 is 3.57. The number of rotatable bonds is 3. The number of halogens is 2. The van der Waals surface area contributed by atoms with Gasteiger partial charge in [0.2, 0.25) is 0 Å². The molecule has 2 heterocycles. The highest BCUT2D eigenvalue weighted by atomic mass is 79.9. The molecule has 0 aliphatic heterocycles. The quantitative estimate of drug-likeness (QED) is 0.857. The van der Waals surface area contributed by atoms with Gasteiger partial charge in [-0.25, -0.2) is 0 Å². The summed E-state index contributed by atoms with van der Waals surface area (Å²) in [4.78, 5) is 16.3. The molecule has 0 fully saturated rings.